The minimum absolute atomic E-state index is 0.313. The predicted octanol–water partition coefficient (Wildman–Crippen LogP) is 3.97. The highest BCUT2D eigenvalue weighted by molar-refractivity contribution is 4.64. The highest BCUT2D eigenvalue weighted by atomic mass is 16.3. The lowest BCUT2D eigenvalue weighted by Crippen LogP contribution is -2.36. The van der Waals surface area contributed by atoms with E-state index in [9.17, 15) is 10.2 Å². The van der Waals surface area contributed by atoms with Gasteiger partial charge in [0.05, 0.1) is 12.2 Å². The number of aliphatic hydroxyl groups is 2. The summed E-state index contributed by atoms with van der Waals surface area (Å²) in [6.07, 6.45) is 12.8. The lowest BCUT2D eigenvalue weighted by molar-refractivity contribution is 0.0825. The van der Waals surface area contributed by atoms with Crippen LogP contribution >= 0.6 is 0 Å². The maximum absolute atomic E-state index is 9.47. The Morgan fingerprint density at radius 1 is 0.667 bits per heavy atom. The van der Waals surface area contributed by atoms with E-state index in [2.05, 4.69) is 11.8 Å². The average Bonchev–Trinajstić information content (AvgIpc) is 2.39. The molecule has 21 heavy (non-hydrogen) atoms. The average molecular weight is 302 g/mol. The van der Waals surface area contributed by atoms with Crippen LogP contribution in [-0.4, -0.2) is 47.0 Å². The molecule has 0 spiro atoms. The molecule has 0 fully saturated rings. The highest BCUT2D eigenvalue weighted by Gasteiger charge is 2.10. The molecule has 2 N–H and O–H groups in total. The van der Waals surface area contributed by atoms with Crippen molar-refractivity contribution in [1.29, 1.82) is 0 Å². The van der Waals surface area contributed by atoms with Gasteiger partial charge in [-0.05, 0) is 26.8 Å². The molecule has 0 aliphatic heterocycles. The molecule has 0 aliphatic carbocycles. The lowest BCUT2D eigenvalue weighted by atomic mass is 10.1. The summed E-state index contributed by atoms with van der Waals surface area (Å²) >= 11 is 0. The molecule has 0 aliphatic rings. The minimum atomic E-state index is -0.313. The topological polar surface area (TPSA) is 43.7 Å². The zero-order chi connectivity index (χ0) is 15.9. The number of rotatable bonds is 15. The molecule has 0 bridgehead atoms. The van der Waals surface area contributed by atoms with E-state index < -0.39 is 0 Å². The Bertz CT molecular complexity index is 197. The molecule has 0 unspecified atom stereocenters. The first-order valence-corrected chi connectivity index (χ1v) is 9.14. The van der Waals surface area contributed by atoms with Gasteiger partial charge in [-0.25, -0.2) is 0 Å². The first kappa shape index (κ1) is 20.9. The van der Waals surface area contributed by atoms with Crippen LogP contribution in [0.1, 0.15) is 85.0 Å². The van der Waals surface area contributed by atoms with Crippen molar-refractivity contribution < 1.29 is 10.2 Å². The van der Waals surface area contributed by atoms with Crippen molar-refractivity contribution in [2.75, 3.05) is 19.6 Å². The first-order valence-electron chi connectivity index (χ1n) is 9.14. The summed E-state index contributed by atoms with van der Waals surface area (Å²) in [6.45, 7) is 8.22. The number of aliphatic hydroxyl groups excluding tert-OH is 2. The van der Waals surface area contributed by atoms with Gasteiger partial charge in [-0.2, -0.15) is 0 Å². The molecule has 0 aromatic carbocycles. The molecule has 0 heterocycles. The summed E-state index contributed by atoms with van der Waals surface area (Å²) in [5.41, 5.74) is 0. The van der Waals surface area contributed by atoms with Crippen LogP contribution in [0, 0.1) is 0 Å². The summed E-state index contributed by atoms with van der Waals surface area (Å²) in [7, 11) is 0. The van der Waals surface area contributed by atoms with Gasteiger partial charge in [0.15, 0.2) is 0 Å². The summed E-state index contributed by atoms with van der Waals surface area (Å²) in [4.78, 5) is 2.18. The second-order valence-corrected chi connectivity index (χ2v) is 6.64. The first-order chi connectivity index (χ1) is 10.1. The Morgan fingerprint density at radius 3 is 1.43 bits per heavy atom. The smallest absolute Gasteiger partial charge is 0.0639 e. The standard InChI is InChI=1S/C18H39NO2/c1-4-5-6-7-8-9-10-11-12-13-14-19(15-17(2)20)16-18(3)21/h17-18,20-21H,4-16H2,1-3H3/t17-,18-/m0/s1. The number of hydrogen-bond donors (Lipinski definition) is 2. The van der Waals surface area contributed by atoms with E-state index >= 15 is 0 Å². The highest BCUT2D eigenvalue weighted by Crippen LogP contribution is 2.11. The molecule has 2 atom stereocenters. The second-order valence-electron chi connectivity index (χ2n) is 6.64. The second kappa shape index (κ2) is 14.8. The van der Waals surface area contributed by atoms with Crippen molar-refractivity contribution in [3.63, 3.8) is 0 Å². The van der Waals surface area contributed by atoms with Crippen molar-refractivity contribution in [3.05, 3.63) is 0 Å². The molecule has 0 aromatic heterocycles. The summed E-state index contributed by atoms with van der Waals surface area (Å²) in [5, 5.41) is 18.9. The molecule has 0 saturated heterocycles. The molecule has 0 radical (unpaired) electrons. The molecule has 0 saturated carbocycles. The zero-order valence-corrected chi connectivity index (χ0v) is 14.7. The number of unbranched alkanes of at least 4 members (excludes halogenated alkanes) is 9. The fraction of sp³-hybridized carbons (Fsp3) is 1.00. The van der Waals surface area contributed by atoms with Crippen molar-refractivity contribution >= 4 is 0 Å². The van der Waals surface area contributed by atoms with Crippen LogP contribution in [0.15, 0.2) is 0 Å². The SMILES string of the molecule is CCCCCCCCCCCCN(C[C@H](C)O)C[C@H](C)O. The van der Waals surface area contributed by atoms with E-state index in [1.807, 2.05) is 13.8 Å². The Kier molecular flexibility index (Phi) is 14.7. The fourth-order valence-corrected chi connectivity index (χ4v) is 2.83. The fourth-order valence-electron chi connectivity index (χ4n) is 2.83. The van der Waals surface area contributed by atoms with E-state index in [0.717, 1.165) is 6.54 Å². The Hall–Kier alpha value is -0.120. The van der Waals surface area contributed by atoms with Gasteiger partial charge >= 0.3 is 0 Å². The third kappa shape index (κ3) is 16.1. The van der Waals surface area contributed by atoms with E-state index in [4.69, 9.17) is 0 Å². The minimum Gasteiger partial charge on any atom is -0.392 e. The molecular weight excluding hydrogens is 262 g/mol. The van der Waals surface area contributed by atoms with Crippen LogP contribution in [0.4, 0.5) is 0 Å². The van der Waals surface area contributed by atoms with E-state index in [0.29, 0.717) is 13.1 Å². The van der Waals surface area contributed by atoms with Gasteiger partial charge in [-0.3, -0.25) is 4.90 Å². The molecule has 3 heteroatoms. The van der Waals surface area contributed by atoms with Crippen molar-refractivity contribution in [2.24, 2.45) is 0 Å². The maximum Gasteiger partial charge on any atom is 0.0639 e. The maximum atomic E-state index is 9.47. The van der Waals surface area contributed by atoms with Gasteiger partial charge in [0.1, 0.15) is 0 Å². The van der Waals surface area contributed by atoms with Crippen molar-refractivity contribution in [1.82, 2.24) is 4.90 Å². The van der Waals surface area contributed by atoms with Gasteiger partial charge in [0, 0.05) is 13.1 Å². The van der Waals surface area contributed by atoms with Crippen molar-refractivity contribution in [2.45, 2.75) is 97.2 Å². The molecule has 0 rings (SSSR count). The van der Waals surface area contributed by atoms with E-state index in [1.165, 1.54) is 64.2 Å². The Balaban J connectivity index is 3.44. The summed E-state index contributed by atoms with van der Waals surface area (Å²) in [5.74, 6) is 0. The van der Waals surface area contributed by atoms with Gasteiger partial charge in [-0.15, -0.1) is 0 Å². The van der Waals surface area contributed by atoms with Crippen LogP contribution in [0.5, 0.6) is 0 Å². The predicted molar refractivity (Wildman–Crippen MR) is 91.6 cm³/mol. The van der Waals surface area contributed by atoms with Gasteiger partial charge in [0.2, 0.25) is 0 Å². The quantitative estimate of drug-likeness (QED) is 0.450. The molecule has 3 nitrogen and oxygen atoms in total. The van der Waals surface area contributed by atoms with Gasteiger partial charge < -0.3 is 10.2 Å². The molecular formula is C18H39NO2. The Labute approximate surface area is 132 Å². The molecule has 0 aromatic rings. The molecule has 128 valence electrons. The monoisotopic (exact) mass is 301 g/mol. The lowest BCUT2D eigenvalue weighted by Gasteiger charge is -2.24. The van der Waals surface area contributed by atoms with Crippen LogP contribution in [-0.2, 0) is 0 Å². The third-order valence-corrected chi connectivity index (χ3v) is 3.87. The number of nitrogens with zero attached hydrogens (tertiary/aromatic N) is 1. The van der Waals surface area contributed by atoms with Gasteiger partial charge in [0.25, 0.3) is 0 Å². The summed E-state index contributed by atoms with van der Waals surface area (Å²) < 4.78 is 0. The van der Waals surface area contributed by atoms with E-state index in [1.54, 1.807) is 0 Å². The van der Waals surface area contributed by atoms with Crippen molar-refractivity contribution in [3.8, 4) is 0 Å². The van der Waals surface area contributed by atoms with Crippen LogP contribution < -0.4 is 0 Å². The third-order valence-electron chi connectivity index (χ3n) is 3.87. The normalized spacial score (nSPS) is 14.6. The van der Waals surface area contributed by atoms with E-state index in [-0.39, 0.29) is 12.2 Å². The van der Waals surface area contributed by atoms with Crippen LogP contribution in [0.3, 0.4) is 0 Å². The molecule has 0 amide bonds. The summed E-state index contributed by atoms with van der Waals surface area (Å²) in [6, 6.07) is 0. The van der Waals surface area contributed by atoms with Crippen LogP contribution in [0.25, 0.3) is 0 Å². The van der Waals surface area contributed by atoms with Crippen LogP contribution in [0.2, 0.25) is 0 Å². The van der Waals surface area contributed by atoms with Gasteiger partial charge in [-0.1, -0.05) is 64.7 Å². The zero-order valence-electron chi connectivity index (χ0n) is 14.7. The Morgan fingerprint density at radius 2 is 1.05 bits per heavy atom. The number of hydrogen-bond acceptors (Lipinski definition) is 3. The largest absolute Gasteiger partial charge is 0.392 e.